The van der Waals surface area contributed by atoms with Crippen molar-refractivity contribution in [3.05, 3.63) is 18.3 Å². The van der Waals surface area contributed by atoms with Crippen LogP contribution >= 0.6 is 0 Å². The van der Waals surface area contributed by atoms with Crippen LogP contribution in [0.5, 0.6) is 0 Å². The van der Waals surface area contributed by atoms with Crippen LogP contribution in [-0.2, 0) is 4.74 Å². The molecule has 3 atom stereocenters. The molecule has 6 nitrogen and oxygen atoms in total. The van der Waals surface area contributed by atoms with E-state index in [4.69, 9.17) is 4.74 Å². The Morgan fingerprint density at radius 3 is 2.83 bits per heavy atom. The molecular weight excluding hydrogens is 292 g/mol. The van der Waals surface area contributed by atoms with Gasteiger partial charge in [-0.15, -0.1) is 0 Å². The first-order chi connectivity index (χ1) is 11.1. The summed E-state index contributed by atoms with van der Waals surface area (Å²) in [4.78, 5) is 18.6. The van der Waals surface area contributed by atoms with Gasteiger partial charge in [0.05, 0.1) is 18.0 Å². The van der Waals surface area contributed by atoms with Crippen LogP contribution in [0.25, 0.3) is 0 Å². The van der Waals surface area contributed by atoms with E-state index in [1.807, 2.05) is 31.1 Å². The fourth-order valence-electron chi connectivity index (χ4n) is 4.47. The summed E-state index contributed by atoms with van der Waals surface area (Å²) in [5, 5.41) is 6.04. The largest absolute Gasteiger partial charge is 0.377 e. The zero-order valence-corrected chi connectivity index (χ0v) is 13.7. The summed E-state index contributed by atoms with van der Waals surface area (Å²) in [5.41, 5.74) is 1.22. The van der Waals surface area contributed by atoms with E-state index in [1.54, 1.807) is 6.20 Å². The van der Waals surface area contributed by atoms with Crippen LogP contribution in [0, 0.1) is 11.3 Å². The van der Waals surface area contributed by atoms with Gasteiger partial charge in [-0.05, 0) is 31.4 Å². The highest BCUT2D eigenvalue weighted by Gasteiger charge is 2.66. The monoisotopic (exact) mass is 316 g/mol. The number of aromatic nitrogens is 1. The normalized spacial score (nSPS) is 30.1. The van der Waals surface area contributed by atoms with Crippen molar-refractivity contribution in [2.75, 3.05) is 30.9 Å². The van der Waals surface area contributed by atoms with E-state index < -0.39 is 0 Å². The number of hydrogen-bond acceptors (Lipinski definition) is 4. The minimum Gasteiger partial charge on any atom is -0.377 e. The third kappa shape index (κ3) is 2.27. The van der Waals surface area contributed by atoms with Crippen molar-refractivity contribution < 1.29 is 9.53 Å². The summed E-state index contributed by atoms with van der Waals surface area (Å²) in [5.74, 6) is 1.07. The number of fused-ring (bicyclic) bond motifs is 2. The molecule has 2 saturated carbocycles. The van der Waals surface area contributed by atoms with Crippen LogP contribution in [-0.4, -0.2) is 43.9 Å². The fraction of sp³-hybridized carbons (Fsp3) is 0.647. The van der Waals surface area contributed by atoms with Gasteiger partial charge in [-0.2, -0.15) is 0 Å². The molecule has 1 aliphatic heterocycles. The molecule has 6 heteroatoms. The van der Waals surface area contributed by atoms with E-state index in [9.17, 15) is 4.79 Å². The Bertz CT molecular complexity index is 597. The Labute approximate surface area is 136 Å². The molecule has 23 heavy (non-hydrogen) atoms. The van der Waals surface area contributed by atoms with E-state index in [0.29, 0.717) is 17.8 Å². The van der Waals surface area contributed by atoms with Gasteiger partial charge in [0.1, 0.15) is 5.82 Å². The lowest BCUT2D eigenvalue weighted by Crippen LogP contribution is -2.72. The van der Waals surface area contributed by atoms with Crippen LogP contribution in [0.3, 0.4) is 0 Å². The zero-order chi connectivity index (χ0) is 16.0. The smallest absolute Gasteiger partial charge is 0.320 e. The van der Waals surface area contributed by atoms with Crippen molar-refractivity contribution in [3.8, 4) is 0 Å². The second-order valence-corrected chi connectivity index (χ2v) is 7.20. The molecule has 1 aromatic heterocycles. The average Bonchev–Trinajstić information content (AvgIpc) is 2.89. The summed E-state index contributed by atoms with van der Waals surface area (Å²) in [6, 6.07) is 3.87. The molecule has 3 aliphatic rings. The minimum absolute atomic E-state index is 0.156. The summed E-state index contributed by atoms with van der Waals surface area (Å²) in [6.45, 7) is 0.838. The third-order valence-corrected chi connectivity index (χ3v) is 5.83. The van der Waals surface area contributed by atoms with E-state index in [0.717, 1.165) is 18.7 Å². The lowest BCUT2D eigenvalue weighted by molar-refractivity contribution is -0.171. The Morgan fingerprint density at radius 1 is 1.39 bits per heavy atom. The predicted octanol–water partition coefficient (Wildman–Crippen LogP) is 2.23. The van der Waals surface area contributed by atoms with Gasteiger partial charge >= 0.3 is 6.03 Å². The van der Waals surface area contributed by atoms with Crippen LogP contribution in [0.1, 0.15) is 25.7 Å². The number of ether oxygens (including phenoxy) is 1. The molecule has 0 radical (unpaired) electrons. The van der Waals surface area contributed by atoms with Crippen molar-refractivity contribution in [2.45, 2.75) is 37.8 Å². The van der Waals surface area contributed by atoms with Gasteiger partial charge in [-0.1, -0.05) is 6.42 Å². The number of carbonyl (C=O) groups excluding carboxylic acids is 1. The van der Waals surface area contributed by atoms with Crippen LogP contribution < -0.4 is 15.5 Å². The number of anilines is 2. The van der Waals surface area contributed by atoms with Gasteiger partial charge in [0.2, 0.25) is 0 Å². The molecule has 1 aromatic rings. The highest BCUT2D eigenvalue weighted by atomic mass is 16.5. The maximum Gasteiger partial charge on any atom is 0.320 e. The summed E-state index contributed by atoms with van der Waals surface area (Å²) >= 11 is 0. The summed E-state index contributed by atoms with van der Waals surface area (Å²) in [6.07, 6.45) is 6.79. The number of pyridine rings is 1. The number of rotatable bonds is 3. The standard InChI is InChI=1S/C17H24N4O2/c1-21(2)11-4-5-13(18-10-11)19-16(22)20-14-12-6-9-23-15(12)17(14)7-3-8-17/h4-5,10,12,14-15H,3,6-9H2,1-2H3,(H2,18,19,20,22)/t12-,14-,15+/m1/s1. The van der Waals surface area contributed by atoms with Gasteiger partial charge in [-0.25, -0.2) is 9.78 Å². The molecule has 4 rings (SSSR count). The number of carbonyl (C=O) groups is 1. The molecule has 2 amide bonds. The number of urea groups is 1. The Kier molecular flexibility index (Phi) is 3.44. The second kappa shape index (κ2) is 5.37. The molecule has 1 spiro atoms. The maximum absolute atomic E-state index is 12.3. The molecule has 3 fully saturated rings. The second-order valence-electron chi connectivity index (χ2n) is 7.20. The van der Waals surface area contributed by atoms with Crippen molar-refractivity contribution in [1.82, 2.24) is 10.3 Å². The van der Waals surface area contributed by atoms with E-state index in [2.05, 4.69) is 15.6 Å². The third-order valence-electron chi connectivity index (χ3n) is 5.83. The molecule has 0 unspecified atom stereocenters. The molecule has 0 aromatic carbocycles. The Morgan fingerprint density at radius 2 is 2.22 bits per heavy atom. The van der Waals surface area contributed by atoms with Gasteiger partial charge in [0.15, 0.2) is 0 Å². The van der Waals surface area contributed by atoms with Gasteiger partial charge in [0.25, 0.3) is 0 Å². The molecule has 0 bridgehead atoms. The lowest BCUT2D eigenvalue weighted by Gasteiger charge is -2.63. The first-order valence-corrected chi connectivity index (χ1v) is 8.43. The van der Waals surface area contributed by atoms with Crippen LogP contribution in [0.4, 0.5) is 16.3 Å². The van der Waals surface area contributed by atoms with Gasteiger partial charge in [0, 0.05) is 38.1 Å². The van der Waals surface area contributed by atoms with E-state index >= 15 is 0 Å². The lowest BCUT2D eigenvalue weighted by atomic mass is 9.46. The van der Waals surface area contributed by atoms with Gasteiger partial charge in [-0.3, -0.25) is 5.32 Å². The minimum atomic E-state index is -0.156. The Balaban J connectivity index is 1.38. The molecular formula is C17H24N4O2. The number of nitrogens with one attached hydrogen (secondary N) is 2. The zero-order valence-electron chi connectivity index (χ0n) is 13.7. The van der Waals surface area contributed by atoms with Crippen molar-refractivity contribution >= 4 is 17.5 Å². The van der Waals surface area contributed by atoms with Crippen LogP contribution in [0.15, 0.2) is 18.3 Å². The van der Waals surface area contributed by atoms with E-state index in [1.165, 1.54) is 19.3 Å². The highest BCUT2D eigenvalue weighted by Crippen LogP contribution is 2.62. The first-order valence-electron chi connectivity index (χ1n) is 8.43. The molecule has 2 N–H and O–H groups in total. The average molecular weight is 316 g/mol. The number of hydrogen-bond donors (Lipinski definition) is 2. The quantitative estimate of drug-likeness (QED) is 0.897. The van der Waals surface area contributed by atoms with Crippen molar-refractivity contribution in [3.63, 3.8) is 0 Å². The maximum atomic E-state index is 12.3. The first kappa shape index (κ1) is 14.8. The highest BCUT2D eigenvalue weighted by molar-refractivity contribution is 5.88. The number of amides is 2. The van der Waals surface area contributed by atoms with Crippen molar-refractivity contribution in [1.29, 1.82) is 0 Å². The van der Waals surface area contributed by atoms with E-state index in [-0.39, 0.29) is 17.5 Å². The predicted molar refractivity (Wildman–Crippen MR) is 88.6 cm³/mol. The summed E-state index contributed by atoms with van der Waals surface area (Å²) in [7, 11) is 3.93. The fourth-order valence-corrected chi connectivity index (χ4v) is 4.47. The van der Waals surface area contributed by atoms with Gasteiger partial charge < -0.3 is 15.0 Å². The number of nitrogens with zero attached hydrogens (tertiary/aromatic N) is 2. The topological polar surface area (TPSA) is 66.5 Å². The van der Waals surface area contributed by atoms with Crippen molar-refractivity contribution in [2.24, 2.45) is 11.3 Å². The molecule has 1 saturated heterocycles. The molecule has 124 valence electrons. The summed E-state index contributed by atoms with van der Waals surface area (Å²) < 4.78 is 5.89. The van der Waals surface area contributed by atoms with Crippen LogP contribution in [0.2, 0.25) is 0 Å². The SMILES string of the molecule is CN(C)c1ccc(NC(=O)N[C@@H]2[C@H]3CCO[C@@H]3C23CCC3)nc1. The molecule has 2 heterocycles. The molecule has 2 aliphatic carbocycles. The Hall–Kier alpha value is -1.82.